The summed E-state index contributed by atoms with van der Waals surface area (Å²) in [5, 5.41) is 3.21. The largest absolute Gasteiger partial charge is 0.383 e. The maximum Gasteiger partial charge on any atom is 0.0657 e. The lowest BCUT2D eigenvalue weighted by molar-refractivity contribution is 0.170. The van der Waals surface area contributed by atoms with Crippen molar-refractivity contribution in [1.82, 2.24) is 5.32 Å². The molecule has 0 radical (unpaired) electrons. The predicted octanol–water partition coefficient (Wildman–Crippen LogP) is 2.20. The van der Waals surface area contributed by atoms with Gasteiger partial charge in [0, 0.05) is 10.7 Å². The van der Waals surface area contributed by atoms with Crippen molar-refractivity contribution in [2.24, 2.45) is 0 Å². The lowest BCUT2D eigenvalue weighted by Crippen LogP contribution is -2.20. The van der Waals surface area contributed by atoms with Gasteiger partial charge in [0.1, 0.15) is 0 Å². The number of likely N-dealkylation sites (N-methyl/N-ethyl adjacent to an activating group) is 1. The molecule has 1 N–H and O–H groups in total. The van der Waals surface area contributed by atoms with Crippen molar-refractivity contribution in [2.75, 3.05) is 20.8 Å². The van der Waals surface area contributed by atoms with Crippen molar-refractivity contribution in [1.29, 1.82) is 0 Å². The zero-order valence-corrected chi connectivity index (χ0v) is 10.0. The van der Waals surface area contributed by atoms with E-state index in [9.17, 15) is 0 Å². The van der Waals surface area contributed by atoms with E-state index in [0.717, 1.165) is 0 Å². The normalized spacial score (nSPS) is 12.8. The van der Waals surface area contributed by atoms with Crippen LogP contribution in [0.3, 0.4) is 0 Å². The summed E-state index contributed by atoms with van der Waals surface area (Å²) in [6.45, 7) is 0.705. The Kier molecular flexibility index (Phi) is 4.69. The molecule has 0 saturated carbocycles. The fourth-order valence-electron chi connectivity index (χ4n) is 1.21. The molecule has 1 atom stereocenters. The summed E-state index contributed by atoms with van der Waals surface area (Å²) in [5.74, 6) is 0. The number of halogens is 1. The Morgan fingerprint density at radius 3 is 2.46 bits per heavy atom. The summed E-state index contributed by atoms with van der Waals surface area (Å²) in [7, 11) is 3.67. The van der Waals surface area contributed by atoms with Crippen LogP contribution in [0.2, 0.25) is 0 Å². The molecule has 1 unspecified atom stereocenters. The molecule has 0 aliphatic heterocycles. The van der Waals surface area contributed by atoms with Gasteiger partial charge >= 0.3 is 0 Å². The summed E-state index contributed by atoms with van der Waals surface area (Å²) in [5.41, 5.74) is 1.27. The molecule has 3 heteroatoms. The fraction of sp³-hybridized carbons (Fsp3) is 0.400. The molecule has 2 nitrogen and oxygen atoms in total. The van der Waals surface area contributed by atoms with Crippen LogP contribution in [0, 0.1) is 3.57 Å². The first kappa shape index (κ1) is 10.9. The van der Waals surface area contributed by atoms with Crippen LogP contribution in [-0.2, 0) is 4.74 Å². The molecule has 0 fully saturated rings. The van der Waals surface area contributed by atoms with Gasteiger partial charge in [0.25, 0.3) is 0 Å². The van der Waals surface area contributed by atoms with Crippen molar-refractivity contribution >= 4 is 22.6 Å². The Labute approximate surface area is 92.8 Å². The molecule has 1 aromatic carbocycles. The first-order valence-electron chi connectivity index (χ1n) is 4.19. The van der Waals surface area contributed by atoms with Crippen LogP contribution < -0.4 is 5.32 Å². The first-order valence-corrected chi connectivity index (χ1v) is 5.27. The quantitative estimate of drug-likeness (QED) is 0.859. The standard InChI is InChI=1S/C10H14INO/c1-12-10(7-13-2)8-3-5-9(11)6-4-8/h3-6,10,12H,7H2,1-2H3. The Hall–Kier alpha value is -0.130. The molecule has 13 heavy (non-hydrogen) atoms. The molecule has 0 aliphatic carbocycles. The van der Waals surface area contributed by atoms with E-state index in [1.165, 1.54) is 9.13 Å². The Morgan fingerprint density at radius 1 is 1.38 bits per heavy atom. The number of benzene rings is 1. The summed E-state index contributed by atoms with van der Waals surface area (Å²) in [6.07, 6.45) is 0. The van der Waals surface area contributed by atoms with E-state index in [1.807, 2.05) is 7.05 Å². The number of nitrogens with one attached hydrogen (secondary N) is 1. The third kappa shape index (κ3) is 3.25. The molecule has 1 aromatic rings. The highest BCUT2D eigenvalue weighted by Crippen LogP contribution is 2.14. The third-order valence-corrected chi connectivity index (χ3v) is 2.67. The summed E-state index contributed by atoms with van der Waals surface area (Å²) >= 11 is 2.30. The average Bonchev–Trinajstić information content (AvgIpc) is 2.16. The van der Waals surface area contributed by atoms with Crippen LogP contribution in [0.15, 0.2) is 24.3 Å². The van der Waals surface area contributed by atoms with Crippen molar-refractivity contribution in [3.05, 3.63) is 33.4 Å². The first-order chi connectivity index (χ1) is 6.27. The molecular formula is C10H14INO. The minimum Gasteiger partial charge on any atom is -0.383 e. The molecule has 0 saturated heterocycles. The number of hydrogen-bond donors (Lipinski definition) is 1. The van der Waals surface area contributed by atoms with Gasteiger partial charge in [-0.3, -0.25) is 0 Å². The minimum atomic E-state index is 0.294. The monoisotopic (exact) mass is 291 g/mol. The van der Waals surface area contributed by atoms with Gasteiger partial charge in [0.05, 0.1) is 12.6 Å². The zero-order chi connectivity index (χ0) is 9.68. The van der Waals surface area contributed by atoms with E-state index in [0.29, 0.717) is 12.6 Å². The predicted molar refractivity (Wildman–Crippen MR) is 62.8 cm³/mol. The van der Waals surface area contributed by atoms with Crippen LogP contribution in [0.25, 0.3) is 0 Å². The summed E-state index contributed by atoms with van der Waals surface area (Å²) in [6, 6.07) is 8.76. The van der Waals surface area contributed by atoms with E-state index in [-0.39, 0.29) is 0 Å². The van der Waals surface area contributed by atoms with Gasteiger partial charge in [0.15, 0.2) is 0 Å². The molecule has 0 spiro atoms. The second kappa shape index (κ2) is 5.57. The second-order valence-electron chi connectivity index (χ2n) is 2.85. The van der Waals surface area contributed by atoms with Crippen molar-refractivity contribution < 1.29 is 4.74 Å². The van der Waals surface area contributed by atoms with E-state index >= 15 is 0 Å². The van der Waals surface area contributed by atoms with Crippen LogP contribution in [0.4, 0.5) is 0 Å². The van der Waals surface area contributed by atoms with Gasteiger partial charge in [-0.25, -0.2) is 0 Å². The Balaban J connectivity index is 2.73. The van der Waals surface area contributed by atoms with Crippen molar-refractivity contribution in [2.45, 2.75) is 6.04 Å². The molecule has 0 aliphatic rings. The zero-order valence-electron chi connectivity index (χ0n) is 7.88. The molecule has 1 rings (SSSR count). The third-order valence-electron chi connectivity index (χ3n) is 1.95. The Bertz CT molecular complexity index is 248. The van der Waals surface area contributed by atoms with Crippen LogP contribution in [0.5, 0.6) is 0 Å². The SMILES string of the molecule is CNC(COC)c1ccc(I)cc1. The van der Waals surface area contributed by atoms with Crippen LogP contribution >= 0.6 is 22.6 Å². The molecule has 72 valence electrons. The second-order valence-corrected chi connectivity index (χ2v) is 4.09. The highest BCUT2D eigenvalue weighted by Gasteiger charge is 2.07. The van der Waals surface area contributed by atoms with Gasteiger partial charge in [-0.05, 0) is 47.3 Å². The van der Waals surface area contributed by atoms with Crippen molar-refractivity contribution in [3.8, 4) is 0 Å². The van der Waals surface area contributed by atoms with Gasteiger partial charge < -0.3 is 10.1 Å². The maximum atomic E-state index is 5.12. The highest BCUT2D eigenvalue weighted by atomic mass is 127. The Morgan fingerprint density at radius 2 is 2.00 bits per heavy atom. The number of hydrogen-bond acceptors (Lipinski definition) is 2. The van der Waals surface area contributed by atoms with Crippen LogP contribution in [0.1, 0.15) is 11.6 Å². The fourth-order valence-corrected chi connectivity index (χ4v) is 1.57. The van der Waals surface area contributed by atoms with Crippen LogP contribution in [-0.4, -0.2) is 20.8 Å². The van der Waals surface area contributed by atoms with E-state index in [1.54, 1.807) is 7.11 Å². The smallest absolute Gasteiger partial charge is 0.0657 e. The molecule has 0 aromatic heterocycles. The summed E-state index contributed by atoms with van der Waals surface area (Å²) in [4.78, 5) is 0. The molecular weight excluding hydrogens is 277 g/mol. The maximum absolute atomic E-state index is 5.12. The van der Waals surface area contributed by atoms with E-state index in [4.69, 9.17) is 4.74 Å². The molecule has 0 bridgehead atoms. The summed E-state index contributed by atoms with van der Waals surface area (Å²) < 4.78 is 6.37. The number of ether oxygens (including phenoxy) is 1. The average molecular weight is 291 g/mol. The number of rotatable bonds is 4. The number of methoxy groups -OCH3 is 1. The van der Waals surface area contributed by atoms with Gasteiger partial charge in [0.2, 0.25) is 0 Å². The van der Waals surface area contributed by atoms with E-state index < -0.39 is 0 Å². The molecule has 0 heterocycles. The van der Waals surface area contributed by atoms with Gasteiger partial charge in [-0.2, -0.15) is 0 Å². The van der Waals surface area contributed by atoms with Crippen molar-refractivity contribution in [3.63, 3.8) is 0 Å². The highest BCUT2D eigenvalue weighted by molar-refractivity contribution is 14.1. The van der Waals surface area contributed by atoms with Gasteiger partial charge in [-0.1, -0.05) is 12.1 Å². The van der Waals surface area contributed by atoms with Gasteiger partial charge in [-0.15, -0.1) is 0 Å². The topological polar surface area (TPSA) is 21.3 Å². The molecule has 0 amide bonds. The lowest BCUT2D eigenvalue weighted by atomic mass is 10.1. The lowest BCUT2D eigenvalue weighted by Gasteiger charge is -2.15. The minimum absolute atomic E-state index is 0.294. The van der Waals surface area contributed by atoms with E-state index in [2.05, 4.69) is 52.2 Å².